The van der Waals surface area contributed by atoms with Crippen molar-refractivity contribution in [1.82, 2.24) is 10.2 Å². The zero-order chi connectivity index (χ0) is 12.9. The molecule has 0 atom stereocenters. The maximum atomic E-state index is 6.19. The second-order valence-corrected chi connectivity index (χ2v) is 5.00. The SMILES string of the molecule is CC1(C)Oc2cc(-c3cc(N)n[nH]3)cc(Cl)c2O1. The number of nitrogens with zero attached hydrogens (tertiary/aromatic N) is 1. The standard InChI is InChI=1S/C12H12ClN3O2/c1-12(2)17-9-4-6(3-7(13)11(9)18-12)8-5-10(14)16-15-8/h3-5H,1-2H3,(H3,14,15,16). The molecule has 2 aromatic rings. The molecular weight excluding hydrogens is 254 g/mol. The van der Waals surface area contributed by atoms with Gasteiger partial charge in [0.25, 0.3) is 0 Å². The zero-order valence-corrected chi connectivity index (χ0v) is 10.7. The fourth-order valence-electron chi connectivity index (χ4n) is 1.92. The lowest BCUT2D eigenvalue weighted by Gasteiger charge is -2.16. The molecule has 1 aliphatic rings. The Morgan fingerprint density at radius 3 is 2.72 bits per heavy atom. The Hall–Kier alpha value is -1.88. The summed E-state index contributed by atoms with van der Waals surface area (Å²) in [6, 6.07) is 5.38. The van der Waals surface area contributed by atoms with E-state index in [1.54, 1.807) is 12.1 Å². The monoisotopic (exact) mass is 265 g/mol. The van der Waals surface area contributed by atoms with E-state index in [4.69, 9.17) is 26.8 Å². The molecule has 0 saturated carbocycles. The highest BCUT2D eigenvalue weighted by molar-refractivity contribution is 6.32. The highest BCUT2D eigenvalue weighted by atomic mass is 35.5. The molecule has 0 spiro atoms. The number of H-pyrrole nitrogens is 1. The first-order valence-electron chi connectivity index (χ1n) is 5.47. The number of nitrogen functional groups attached to an aromatic ring is 1. The van der Waals surface area contributed by atoms with Gasteiger partial charge in [-0.05, 0) is 12.1 Å². The van der Waals surface area contributed by atoms with Gasteiger partial charge in [-0.2, -0.15) is 5.10 Å². The average Bonchev–Trinajstić information content (AvgIpc) is 2.81. The maximum Gasteiger partial charge on any atom is 0.246 e. The smallest absolute Gasteiger partial charge is 0.246 e. The first kappa shape index (κ1) is 11.2. The molecule has 2 heterocycles. The van der Waals surface area contributed by atoms with Gasteiger partial charge in [0.1, 0.15) is 5.82 Å². The van der Waals surface area contributed by atoms with Crippen LogP contribution in [0.15, 0.2) is 18.2 Å². The molecule has 0 amide bonds. The van der Waals surface area contributed by atoms with Crippen LogP contribution in [0.4, 0.5) is 5.82 Å². The summed E-state index contributed by atoms with van der Waals surface area (Å²) in [5, 5.41) is 7.21. The lowest BCUT2D eigenvalue weighted by Crippen LogP contribution is -2.29. The van der Waals surface area contributed by atoms with Crippen molar-refractivity contribution in [1.29, 1.82) is 0 Å². The van der Waals surface area contributed by atoms with E-state index in [-0.39, 0.29) is 0 Å². The number of fused-ring (bicyclic) bond motifs is 1. The lowest BCUT2D eigenvalue weighted by atomic mass is 10.1. The number of aromatic nitrogens is 2. The number of nitrogens with two attached hydrogens (primary N) is 1. The van der Waals surface area contributed by atoms with Gasteiger partial charge >= 0.3 is 0 Å². The minimum atomic E-state index is -0.697. The first-order chi connectivity index (χ1) is 8.44. The summed E-state index contributed by atoms with van der Waals surface area (Å²) in [7, 11) is 0. The van der Waals surface area contributed by atoms with Gasteiger partial charge in [0.2, 0.25) is 5.79 Å². The number of ether oxygens (including phenoxy) is 2. The van der Waals surface area contributed by atoms with Crippen molar-refractivity contribution in [2.45, 2.75) is 19.6 Å². The van der Waals surface area contributed by atoms with E-state index in [0.29, 0.717) is 22.3 Å². The van der Waals surface area contributed by atoms with E-state index in [2.05, 4.69) is 10.2 Å². The summed E-state index contributed by atoms with van der Waals surface area (Å²) >= 11 is 6.19. The molecule has 3 N–H and O–H groups in total. The highest BCUT2D eigenvalue weighted by Gasteiger charge is 2.33. The van der Waals surface area contributed by atoms with Crippen molar-refractivity contribution in [2.24, 2.45) is 0 Å². The van der Waals surface area contributed by atoms with E-state index in [1.165, 1.54) is 0 Å². The van der Waals surface area contributed by atoms with Crippen molar-refractivity contribution in [3.63, 3.8) is 0 Å². The fourth-order valence-corrected chi connectivity index (χ4v) is 2.16. The Morgan fingerprint density at radius 2 is 2.06 bits per heavy atom. The van der Waals surface area contributed by atoms with Gasteiger partial charge in [-0.25, -0.2) is 0 Å². The fraction of sp³-hybridized carbons (Fsp3) is 0.250. The van der Waals surface area contributed by atoms with Crippen LogP contribution in [-0.4, -0.2) is 16.0 Å². The molecule has 0 unspecified atom stereocenters. The largest absolute Gasteiger partial charge is 0.449 e. The molecule has 0 fully saturated rings. The van der Waals surface area contributed by atoms with Gasteiger partial charge in [0, 0.05) is 25.5 Å². The first-order valence-corrected chi connectivity index (χ1v) is 5.85. The predicted molar refractivity (Wildman–Crippen MR) is 68.8 cm³/mol. The molecule has 0 saturated heterocycles. The molecule has 1 aromatic heterocycles. The molecule has 18 heavy (non-hydrogen) atoms. The second kappa shape index (κ2) is 3.55. The summed E-state index contributed by atoms with van der Waals surface area (Å²) in [5.74, 6) is 0.921. The summed E-state index contributed by atoms with van der Waals surface area (Å²) in [4.78, 5) is 0. The number of aromatic amines is 1. The van der Waals surface area contributed by atoms with Crippen LogP contribution in [0, 0.1) is 0 Å². The van der Waals surface area contributed by atoms with Crippen LogP contribution in [0.1, 0.15) is 13.8 Å². The van der Waals surface area contributed by atoms with Gasteiger partial charge in [-0.3, -0.25) is 5.10 Å². The summed E-state index contributed by atoms with van der Waals surface area (Å²) in [6.07, 6.45) is 0. The second-order valence-electron chi connectivity index (χ2n) is 4.60. The van der Waals surface area contributed by atoms with E-state index >= 15 is 0 Å². The van der Waals surface area contributed by atoms with Crippen molar-refractivity contribution in [2.75, 3.05) is 5.73 Å². The van der Waals surface area contributed by atoms with Gasteiger partial charge in [-0.1, -0.05) is 11.6 Å². The van der Waals surface area contributed by atoms with Crippen molar-refractivity contribution < 1.29 is 9.47 Å². The molecular formula is C12H12ClN3O2. The van der Waals surface area contributed by atoms with Crippen LogP contribution in [0.3, 0.4) is 0 Å². The third kappa shape index (κ3) is 1.76. The van der Waals surface area contributed by atoms with E-state index in [9.17, 15) is 0 Å². The quantitative estimate of drug-likeness (QED) is 0.832. The predicted octanol–water partition coefficient (Wildman–Crippen LogP) is 2.82. The van der Waals surface area contributed by atoms with Crippen molar-refractivity contribution in [3.8, 4) is 22.8 Å². The topological polar surface area (TPSA) is 73.2 Å². The Labute approximate surface area is 109 Å². The maximum absolute atomic E-state index is 6.19. The van der Waals surface area contributed by atoms with Gasteiger partial charge < -0.3 is 15.2 Å². The summed E-state index contributed by atoms with van der Waals surface area (Å²) in [5.41, 5.74) is 7.21. The van der Waals surface area contributed by atoms with Crippen LogP contribution in [0.2, 0.25) is 5.02 Å². The highest BCUT2D eigenvalue weighted by Crippen LogP contribution is 2.46. The van der Waals surface area contributed by atoms with Crippen molar-refractivity contribution in [3.05, 3.63) is 23.2 Å². The van der Waals surface area contributed by atoms with Gasteiger partial charge in [0.15, 0.2) is 11.5 Å². The normalized spacial score (nSPS) is 15.9. The number of rotatable bonds is 1. The lowest BCUT2D eigenvalue weighted by molar-refractivity contribution is -0.0431. The summed E-state index contributed by atoms with van der Waals surface area (Å²) < 4.78 is 11.3. The molecule has 3 rings (SSSR count). The Morgan fingerprint density at radius 1 is 1.28 bits per heavy atom. The number of hydrogen-bond acceptors (Lipinski definition) is 4. The molecule has 1 aromatic carbocycles. The van der Waals surface area contributed by atoms with E-state index in [0.717, 1.165) is 11.3 Å². The number of benzene rings is 1. The molecule has 0 radical (unpaired) electrons. The Kier molecular flexibility index (Phi) is 2.22. The van der Waals surface area contributed by atoms with Crippen molar-refractivity contribution >= 4 is 17.4 Å². The third-order valence-corrected chi connectivity index (χ3v) is 2.90. The average molecular weight is 266 g/mol. The van der Waals surface area contributed by atoms with Crippen LogP contribution >= 0.6 is 11.6 Å². The molecule has 6 heteroatoms. The van der Waals surface area contributed by atoms with Crippen LogP contribution < -0.4 is 15.2 Å². The number of anilines is 1. The Balaban J connectivity index is 2.09. The number of nitrogens with one attached hydrogen (secondary N) is 1. The number of halogens is 1. The van der Waals surface area contributed by atoms with E-state index in [1.807, 2.05) is 19.9 Å². The molecule has 5 nitrogen and oxygen atoms in total. The third-order valence-electron chi connectivity index (χ3n) is 2.62. The van der Waals surface area contributed by atoms with Crippen LogP contribution in [0.5, 0.6) is 11.5 Å². The number of hydrogen-bond donors (Lipinski definition) is 2. The minimum Gasteiger partial charge on any atom is -0.449 e. The Bertz CT molecular complexity index is 622. The zero-order valence-electron chi connectivity index (χ0n) is 9.95. The molecule has 0 aliphatic carbocycles. The van der Waals surface area contributed by atoms with Crippen LogP contribution in [-0.2, 0) is 0 Å². The van der Waals surface area contributed by atoms with Crippen LogP contribution in [0.25, 0.3) is 11.3 Å². The molecule has 0 bridgehead atoms. The molecule has 94 valence electrons. The molecule has 1 aliphatic heterocycles. The van der Waals surface area contributed by atoms with E-state index < -0.39 is 5.79 Å². The van der Waals surface area contributed by atoms with Gasteiger partial charge in [-0.15, -0.1) is 0 Å². The minimum absolute atomic E-state index is 0.430. The summed E-state index contributed by atoms with van der Waals surface area (Å²) in [6.45, 7) is 3.66. The van der Waals surface area contributed by atoms with Gasteiger partial charge in [0.05, 0.1) is 10.7 Å².